The quantitative estimate of drug-likeness (QED) is 0.529. The van der Waals surface area contributed by atoms with Gasteiger partial charge >= 0.3 is 0 Å². The fourth-order valence-corrected chi connectivity index (χ4v) is 2.54. The molecule has 0 radical (unpaired) electrons. The van der Waals surface area contributed by atoms with E-state index in [0.29, 0.717) is 11.8 Å². The molecule has 18 heavy (non-hydrogen) atoms. The summed E-state index contributed by atoms with van der Waals surface area (Å²) in [4.78, 5) is 0. The second-order valence-electron chi connectivity index (χ2n) is 4.81. The number of hydrogen-bond acceptors (Lipinski definition) is 0. The predicted molar refractivity (Wildman–Crippen MR) is 84.7 cm³/mol. The van der Waals surface area contributed by atoms with Crippen molar-refractivity contribution in [2.45, 2.75) is 54.9 Å². The Hall–Kier alpha value is -1.04. The molecule has 0 spiro atoms. The summed E-state index contributed by atoms with van der Waals surface area (Å²) >= 11 is 0. The van der Waals surface area contributed by atoms with Crippen LogP contribution in [-0.4, -0.2) is 0 Å². The van der Waals surface area contributed by atoms with Gasteiger partial charge in [0, 0.05) is 0 Å². The highest BCUT2D eigenvalue weighted by atomic mass is 14.2. The average Bonchev–Trinajstić information content (AvgIpc) is 2.37. The predicted octanol–water partition coefficient (Wildman–Crippen LogP) is 6.08. The van der Waals surface area contributed by atoms with E-state index in [1.54, 1.807) is 5.57 Å². The molecular weight excluding hydrogens is 216 g/mol. The minimum atomic E-state index is 0.634. The van der Waals surface area contributed by atoms with E-state index in [4.69, 9.17) is 0 Å². The lowest BCUT2D eigenvalue weighted by atomic mass is 9.79. The SMILES string of the molecule is C/C=C\C(=C/C)C1=C(C(C)C)C(C)CC=C1.CC. The Bertz CT molecular complexity index is 348. The second kappa shape index (κ2) is 8.97. The molecule has 1 aliphatic rings. The van der Waals surface area contributed by atoms with E-state index in [0.717, 1.165) is 0 Å². The van der Waals surface area contributed by atoms with Crippen molar-refractivity contribution in [3.05, 3.63) is 47.1 Å². The van der Waals surface area contributed by atoms with Crippen molar-refractivity contribution >= 4 is 0 Å². The highest BCUT2D eigenvalue weighted by molar-refractivity contribution is 5.51. The Labute approximate surface area is 114 Å². The zero-order valence-electron chi connectivity index (χ0n) is 13.2. The lowest BCUT2D eigenvalue weighted by Crippen LogP contribution is -2.12. The van der Waals surface area contributed by atoms with Crippen LogP contribution in [-0.2, 0) is 0 Å². The van der Waals surface area contributed by atoms with Gasteiger partial charge in [-0.2, -0.15) is 0 Å². The molecule has 0 aromatic rings. The van der Waals surface area contributed by atoms with Crippen LogP contribution in [0.5, 0.6) is 0 Å². The fourth-order valence-electron chi connectivity index (χ4n) is 2.54. The normalized spacial score (nSPS) is 20.4. The third kappa shape index (κ3) is 4.33. The van der Waals surface area contributed by atoms with E-state index >= 15 is 0 Å². The van der Waals surface area contributed by atoms with Crippen LogP contribution >= 0.6 is 0 Å². The lowest BCUT2D eigenvalue weighted by molar-refractivity contribution is 0.577. The summed E-state index contributed by atoms with van der Waals surface area (Å²) in [5, 5.41) is 0. The molecule has 0 nitrogen and oxygen atoms in total. The van der Waals surface area contributed by atoms with Gasteiger partial charge in [0.2, 0.25) is 0 Å². The van der Waals surface area contributed by atoms with Crippen LogP contribution in [0.4, 0.5) is 0 Å². The zero-order valence-corrected chi connectivity index (χ0v) is 13.2. The number of hydrogen-bond donors (Lipinski definition) is 0. The van der Waals surface area contributed by atoms with Crippen LogP contribution in [0.3, 0.4) is 0 Å². The monoisotopic (exact) mass is 246 g/mol. The largest absolute Gasteiger partial charge is 0.0871 e. The average molecular weight is 246 g/mol. The van der Waals surface area contributed by atoms with Gasteiger partial charge in [-0.05, 0) is 43.3 Å². The van der Waals surface area contributed by atoms with Crippen LogP contribution in [0, 0.1) is 11.8 Å². The minimum absolute atomic E-state index is 0.634. The standard InChI is InChI=1S/C16H24.C2H6/c1-6-9-14(7-2)15-11-8-10-13(5)16(15)12(3)4;1-2/h6-9,11-13H,10H2,1-5H3;1-2H3/b9-6-,14-7+;. The molecule has 1 atom stereocenters. The van der Waals surface area contributed by atoms with Gasteiger partial charge in [0.15, 0.2) is 0 Å². The van der Waals surface area contributed by atoms with Crippen molar-refractivity contribution in [2.75, 3.05) is 0 Å². The molecule has 102 valence electrons. The summed E-state index contributed by atoms with van der Waals surface area (Å²) in [5.74, 6) is 1.32. The Morgan fingerprint density at radius 3 is 2.33 bits per heavy atom. The molecule has 0 saturated carbocycles. The first kappa shape index (κ1) is 17.0. The molecule has 0 heterocycles. The summed E-state index contributed by atoms with van der Waals surface area (Å²) < 4.78 is 0. The molecule has 0 aliphatic heterocycles. The van der Waals surface area contributed by atoms with E-state index in [1.807, 2.05) is 13.8 Å². The first-order chi connectivity index (χ1) is 8.61. The minimum Gasteiger partial charge on any atom is -0.0871 e. The second-order valence-corrected chi connectivity index (χ2v) is 4.81. The van der Waals surface area contributed by atoms with Gasteiger partial charge in [-0.15, -0.1) is 0 Å². The molecule has 1 aliphatic carbocycles. The van der Waals surface area contributed by atoms with Crippen molar-refractivity contribution in [1.29, 1.82) is 0 Å². The maximum absolute atomic E-state index is 2.34. The van der Waals surface area contributed by atoms with E-state index in [-0.39, 0.29) is 0 Å². The fraction of sp³-hybridized carbons (Fsp3) is 0.556. The van der Waals surface area contributed by atoms with E-state index < -0.39 is 0 Å². The zero-order chi connectivity index (χ0) is 14.1. The maximum Gasteiger partial charge on any atom is -0.0185 e. The van der Waals surface area contributed by atoms with Crippen molar-refractivity contribution in [3.63, 3.8) is 0 Å². The molecule has 0 fully saturated rings. The molecule has 0 amide bonds. The van der Waals surface area contributed by atoms with Gasteiger partial charge in [-0.3, -0.25) is 0 Å². The topological polar surface area (TPSA) is 0 Å². The summed E-state index contributed by atoms with van der Waals surface area (Å²) in [6.45, 7) is 15.1. The number of allylic oxidation sites excluding steroid dienone is 8. The van der Waals surface area contributed by atoms with Crippen molar-refractivity contribution < 1.29 is 0 Å². The van der Waals surface area contributed by atoms with Gasteiger partial charge < -0.3 is 0 Å². The highest BCUT2D eigenvalue weighted by Gasteiger charge is 2.19. The van der Waals surface area contributed by atoms with Gasteiger partial charge in [-0.25, -0.2) is 0 Å². The van der Waals surface area contributed by atoms with Crippen molar-refractivity contribution in [2.24, 2.45) is 11.8 Å². The summed E-state index contributed by atoms with van der Waals surface area (Å²) in [5.41, 5.74) is 4.40. The van der Waals surface area contributed by atoms with Crippen LogP contribution in [0.2, 0.25) is 0 Å². The Morgan fingerprint density at radius 1 is 1.28 bits per heavy atom. The molecule has 1 unspecified atom stereocenters. The molecule has 0 bridgehead atoms. The van der Waals surface area contributed by atoms with E-state index in [9.17, 15) is 0 Å². The molecule has 0 aromatic carbocycles. The molecule has 0 saturated heterocycles. The molecule has 0 heteroatoms. The third-order valence-corrected chi connectivity index (χ3v) is 3.21. The van der Waals surface area contributed by atoms with Crippen molar-refractivity contribution in [1.82, 2.24) is 0 Å². The first-order valence-electron chi connectivity index (χ1n) is 7.31. The van der Waals surface area contributed by atoms with Gasteiger partial charge in [0.1, 0.15) is 0 Å². The summed E-state index contributed by atoms with van der Waals surface area (Å²) in [6.07, 6.45) is 12.3. The summed E-state index contributed by atoms with van der Waals surface area (Å²) in [6, 6.07) is 0. The van der Waals surface area contributed by atoms with Gasteiger partial charge in [0.25, 0.3) is 0 Å². The smallest absolute Gasteiger partial charge is 0.0185 e. The van der Waals surface area contributed by atoms with Gasteiger partial charge in [-0.1, -0.05) is 70.6 Å². The first-order valence-corrected chi connectivity index (χ1v) is 7.31. The van der Waals surface area contributed by atoms with Crippen molar-refractivity contribution in [3.8, 4) is 0 Å². The van der Waals surface area contributed by atoms with Crippen LogP contribution in [0.15, 0.2) is 47.1 Å². The Balaban J connectivity index is 0.00000137. The van der Waals surface area contributed by atoms with Crippen LogP contribution < -0.4 is 0 Å². The lowest BCUT2D eigenvalue weighted by Gasteiger charge is -2.26. The van der Waals surface area contributed by atoms with E-state index in [2.05, 4.69) is 65.0 Å². The van der Waals surface area contributed by atoms with Crippen LogP contribution in [0.1, 0.15) is 54.9 Å². The maximum atomic E-state index is 2.34. The number of rotatable bonds is 3. The third-order valence-electron chi connectivity index (χ3n) is 3.21. The molecule has 1 rings (SSSR count). The van der Waals surface area contributed by atoms with Gasteiger partial charge in [0.05, 0.1) is 0 Å². The Morgan fingerprint density at radius 2 is 1.89 bits per heavy atom. The molecule has 0 N–H and O–H groups in total. The van der Waals surface area contributed by atoms with Crippen LogP contribution in [0.25, 0.3) is 0 Å². The highest BCUT2D eigenvalue weighted by Crippen LogP contribution is 2.34. The molecule has 0 aromatic heterocycles. The molecular formula is C18H30. The Kier molecular flexibility index (Phi) is 8.45. The van der Waals surface area contributed by atoms with E-state index in [1.165, 1.54) is 17.6 Å². The summed E-state index contributed by atoms with van der Waals surface area (Å²) in [7, 11) is 0.